The van der Waals surface area contributed by atoms with Crippen LogP contribution in [-0.2, 0) is 13.6 Å². The lowest BCUT2D eigenvalue weighted by molar-refractivity contribution is 0.0946. The van der Waals surface area contributed by atoms with Gasteiger partial charge in [-0.25, -0.2) is 0 Å². The van der Waals surface area contributed by atoms with Crippen molar-refractivity contribution < 1.29 is 4.79 Å². The molecule has 2 heterocycles. The number of nitrogens with zero attached hydrogens (tertiary/aromatic N) is 3. The molecule has 0 fully saturated rings. The molecule has 0 bridgehead atoms. The van der Waals surface area contributed by atoms with Crippen LogP contribution < -0.4 is 5.32 Å². The monoisotopic (exact) mass is 247 g/mol. The van der Waals surface area contributed by atoms with E-state index in [-0.39, 0.29) is 5.91 Å². The summed E-state index contributed by atoms with van der Waals surface area (Å²) in [4.78, 5) is 11.8. The van der Waals surface area contributed by atoms with Crippen molar-refractivity contribution in [2.45, 2.75) is 27.3 Å². The van der Waals surface area contributed by atoms with E-state index in [0.717, 1.165) is 22.6 Å². The maximum absolute atomic E-state index is 11.8. The van der Waals surface area contributed by atoms with Crippen molar-refractivity contribution in [3.8, 4) is 0 Å². The number of amides is 1. The summed E-state index contributed by atoms with van der Waals surface area (Å²) < 4.78 is 1.81. The number of carbonyl (C=O) groups excluding carboxylic acids is 1. The Morgan fingerprint density at radius 2 is 2.17 bits per heavy atom. The fourth-order valence-electron chi connectivity index (χ4n) is 1.87. The highest BCUT2D eigenvalue weighted by atomic mass is 16.1. The molecule has 0 atom stereocenters. The van der Waals surface area contributed by atoms with E-state index < -0.39 is 0 Å². The first-order valence-electron chi connectivity index (χ1n) is 5.78. The molecule has 2 N–H and O–H groups in total. The van der Waals surface area contributed by atoms with Crippen molar-refractivity contribution in [3.63, 3.8) is 0 Å². The quantitative estimate of drug-likeness (QED) is 0.849. The first-order chi connectivity index (χ1) is 8.49. The number of aromatic amines is 1. The van der Waals surface area contributed by atoms with Crippen LogP contribution in [0.4, 0.5) is 0 Å². The van der Waals surface area contributed by atoms with Gasteiger partial charge in [-0.05, 0) is 26.8 Å². The minimum absolute atomic E-state index is 0.179. The molecular weight excluding hydrogens is 230 g/mol. The summed E-state index contributed by atoms with van der Waals surface area (Å²) in [5, 5.41) is 13.8. The lowest BCUT2D eigenvalue weighted by Crippen LogP contribution is -2.23. The molecule has 0 radical (unpaired) electrons. The van der Waals surface area contributed by atoms with E-state index in [4.69, 9.17) is 0 Å². The number of aromatic nitrogens is 4. The number of rotatable bonds is 3. The van der Waals surface area contributed by atoms with Crippen LogP contribution in [0.25, 0.3) is 0 Å². The third-order valence-electron chi connectivity index (χ3n) is 3.02. The molecule has 96 valence electrons. The maximum Gasteiger partial charge on any atom is 0.272 e. The van der Waals surface area contributed by atoms with Gasteiger partial charge in [-0.2, -0.15) is 10.2 Å². The van der Waals surface area contributed by atoms with Gasteiger partial charge in [0, 0.05) is 30.5 Å². The molecule has 0 aliphatic rings. The maximum atomic E-state index is 11.8. The average molecular weight is 247 g/mol. The third kappa shape index (κ3) is 2.27. The number of nitrogens with one attached hydrogen (secondary N) is 2. The second-order valence-corrected chi connectivity index (χ2v) is 4.39. The van der Waals surface area contributed by atoms with Crippen LogP contribution in [0, 0.1) is 20.8 Å². The van der Waals surface area contributed by atoms with Gasteiger partial charge in [0.15, 0.2) is 0 Å². The SMILES string of the molecule is Cc1cc(C(=O)NCc2c(C)nn(C)c2C)n[nH]1. The van der Waals surface area contributed by atoms with E-state index in [2.05, 4.69) is 20.6 Å². The summed E-state index contributed by atoms with van der Waals surface area (Å²) in [6.45, 7) is 6.25. The van der Waals surface area contributed by atoms with Gasteiger partial charge in [-0.3, -0.25) is 14.6 Å². The van der Waals surface area contributed by atoms with Gasteiger partial charge in [0.25, 0.3) is 5.91 Å². The van der Waals surface area contributed by atoms with Crippen LogP contribution in [-0.4, -0.2) is 25.9 Å². The molecule has 0 saturated heterocycles. The molecule has 0 saturated carbocycles. The van der Waals surface area contributed by atoms with Crippen LogP contribution in [0.2, 0.25) is 0 Å². The second kappa shape index (κ2) is 4.64. The largest absolute Gasteiger partial charge is 0.346 e. The van der Waals surface area contributed by atoms with Crippen molar-refractivity contribution in [2.24, 2.45) is 7.05 Å². The molecule has 2 rings (SSSR count). The molecule has 0 aromatic carbocycles. The molecule has 1 amide bonds. The number of hydrogen-bond acceptors (Lipinski definition) is 3. The van der Waals surface area contributed by atoms with Crippen LogP contribution in [0.5, 0.6) is 0 Å². The van der Waals surface area contributed by atoms with Gasteiger partial charge in [-0.1, -0.05) is 0 Å². The van der Waals surface area contributed by atoms with Gasteiger partial charge in [0.1, 0.15) is 5.69 Å². The van der Waals surface area contributed by atoms with Gasteiger partial charge >= 0.3 is 0 Å². The fraction of sp³-hybridized carbons (Fsp3) is 0.417. The summed E-state index contributed by atoms with van der Waals surface area (Å²) >= 11 is 0. The Morgan fingerprint density at radius 1 is 1.44 bits per heavy atom. The smallest absolute Gasteiger partial charge is 0.272 e. The Bertz CT molecular complexity index is 581. The zero-order chi connectivity index (χ0) is 13.3. The molecule has 6 nitrogen and oxygen atoms in total. The summed E-state index contributed by atoms with van der Waals surface area (Å²) in [7, 11) is 1.89. The van der Waals surface area contributed by atoms with Crippen molar-refractivity contribution in [2.75, 3.05) is 0 Å². The highest BCUT2D eigenvalue weighted by Gasteiger charge is 2.13. The first kappa shape index (κ1) is 12.3. The molecule has 0 unspecified atom stereocenters. The summed E-state index contributed by atoms with van der Waals surface area (Å²) in [6, 6.07) is 1.72. The Hall–Kier alpha value is -2.11. The minimum Gasteiger partial charge on any atom is -0.346 e. The van der Waals surface area contributed by atoms with Crippen LogP contribution in [0.1, 0.15) is 33.1 Å². The van der Waals surface area contributed by atoms with Crippen LogP contribution in [0.3, 0.4) is 0 Å². The molecule has 6 heteroatoms. The average Bonchev–Trinajstić information content (AvgIpc) is 2.83. The predicted octanol–water partition coefficient (Wildman–Crippen LogP) is 0.998. The molecule has 2 aromatic heterocycles. The summed E-state index contributed by atoms with van der Waals surface area (Å²) in [5.74, 6) is -0.179. The van der Waals surface area contributed by atoms with Crippen molar-refractivity contribution in [1.82, 2.24) is 25.3 Å². The second-order valence-electron chi connectivity index (χ2n) is 4.39. The highest BCUT2D eigenvalue weighted by Crippen LogP contribution is 2.11. The van der Waals surface area contributed by atoms with E-state index in [1.807, 2.05) is 32.5 Å². The molecule has 0 spiro atoms. The first-order valence-corrected chi connectivity index (χ1v) is 5.78. The Balaban J connectivity index is 2.06. The lowest BCUT2D eigenvalue weighted by atomic mass is 10.2. The van der Waals surface area contributed by atoms with Crippen molar-refractivity contribution in [3.05, 3.63) is 34.4 Å². The van der Waals surface area contributed by atoms with E-state index >= 15 is 0 Å². The Kier molecular flexibility index (Phi) is 3.18. The topological polar surface area (TPSA) is 75.6 Å². The Labute approximate surface area is 105 Å². The number of carbonyl (C=O) groups is 1. The highest BCUT2D eigenvalue weighted by molar-refractivity contribution is 5.92. The normalized spacial score (nSPS) is 10.7. The minimum atomic E-state index is -0.179. The zero-order valence-electron chi connectivity index (χ0n) is 11.0. The standard InChI is InChI=1S/C12H17N5O/c1-7-5-11(15-14-7)12(18)13-6-10-8(2)16-17(4)9(10)3/h5H,6H2,1-4H3,(H,13,18)(H,14,15). The zero-order valence-corrected chi connectivity index (χ0v) is 11.0. The molecule has 2 aromatic rings. The number of hydrogen-bond donors (Lipinski definition) is 2. The summed E-state index contributed by atoms with van der Waals surface area (Å²) in [6.07, 6.45) is 0. The Morgan fingerprint density at radius 3 is 2.67 bits per heavy atom. The van der Waals surface area contributed by atoms with Gasteiger partial charge < -0.3 is 5.32 Å². The fourth-order valence-corrected chi connectivity index (χ4v) is 1.87. The van der Waals surface area contributed by atoms with Gasteiger partial charge in [-0.15, -0.1) is 0 Å². The van der Waals surface area contributed by atoms with E-state index in [0.29, 0.717) is 12.2 Å². The molecule has 18 heavy (non-hydrogen) atoms. The molecular formula is C12H17N5O. The van der Waals surface area contributed by atoms with Crippen molar-refractivity contribution >= 4 is 5.91 Å². The lowest BCUT2D eigenvalue weighted by Gasteiger charge is -2.03. The van der Waals surface area contributed by atoms with E-state index in [9.17, 15) is 4.79 Å². The van der Waals surface area contributed by atoms with Crippen molar-refractivity contribution in [1.29, 1.82) is 0 Å². The third-order valence-corrected chi connectivity index (χ3v) is 3.02. The molecule has 0 aliphatic heterocycles. The summed E-state index contributed by atoms with van der Waals surface area (Å²) in [5.41, 5.74) is 4.33. The number of aryl methyl sites for hydroxylation is 3. The van der Waals surface area contributed by atoms with Crippen LogP contribution in [0.15, 0.2) is 6.07 Å². The van der Waals surface area contributed by atoms with Gasteiger partial charge in [0.2, 0.25) is 0 Å². The van der Waals surface area contributed by atoms with Crippen LogP contribution >= 0.6 is 0 Å². The van der Waals surface area contributed by atoms with E-state index in [1.165, 1.54) is 0 Å². The van der Waals surface area contributed by atoms with E-state index in [1.54, 1.807) is 6.07 Å². The number of H-pyrrole nitrogens is 1. The molecule has 0 aliphatic carbocycles. The predicted molar refractivity (Wildman–Crippen MR) is 67.2 cm³/mol. The van der Waals surface area contributed by atoms with Gasteiger partial charge in [0.05, 0.1) is 5.69 Å².